The first-order valence-electron chi connectivity index (χ1n) is 14.5. The molecule has 1 aliphatic rings. The molecule has 0 saturated carbocycles. The molecule has 0 bridgehead atoms. The minimum Gasteiger partial charge on any atom is -0.493 e. The summed E-state index contributed by atoms with van der Waals surface area (Å²) in [7, 11) is 9.71. The summed E-state index contributed by atoms with van der Waals surface area (Å²) in [6, 6.07) is 16.0. The maximum atomic E-state index is 5.59. The number of benzene rings is 2. The van der Waals surface area contributed by atoms with Crippen molar-refractivity contribution < 1.29 is 28.4 Å². The zero-order valence-electron chi connectivity index (χ0n) is 26.3. The maximum Gasteiger partial charge on any atom is 0.203 e. The van der Waals surface area contributed by atoms with Gasteiger partial charge in [0.15, 0.2) is 23.0 Å². The Bertz CT molecular complexity index is 1400. The lowest BCUT2D eigenvalue weighted by Gasteiger charge is -2.35. The van der Waals surface area contributed by atoms with E-state index in [0.29, 0.717) is 34.5 Å². The number of piperazine rings is 1. The largest absolute Gasteiger partial charge is 0.493 e. The second-order valence-corrected chi connectivity index (χ2v) is 10.4. The van der Waals surface area contributed by atoms with Crippen LogP contribution in [0.25, 0.3) is 22.5 Å². The van der Waals surface area contributed by atoms with Gasteiger partial charge in [-0.15, -0.1) is 0 Å². The van der Waals surface area contributed by atoms with E-state index in [1.165, 1.54) is 0 Å². The van der Waals surface area contributed by atoms with Gasteiger partial charge in [0, 0.05) is 62.8 Å². The zero-order chi connectivity index (χ0) is 31.1. The van der Waals surface area contributed by atoms with E-state index in [0.717, 1.165) is 72.9 Å². The SMILES string of the molecule is COc1cc(-c2ncccc2CN2CCN(Cc3cccnc3-c3cc(OC)c(OC)c(OC)c3)CC2)cc(OC)c1OC. The van der Waals surface area contributed by atoms with E-state index in [2.05, 4.69) is 21.9 Å². The summed E-state index contributed by atoms with van der Waals surface area (Å²) in [4.78, 5) is 14.4. The molecule has 2 aromatic carbocycles. The standard InChI is InChI=1S/C34H40N4O6/c1-39-27-17-25(18-28(40-2)33(27)43-5)31-23(9-7-11-35-31)21-37-13-15-38(16-14-37)22-24-10-8-12-36-32(24)26-19-29(41-3)34(44-6)30(20-26)42-4/h7-12,17-20H,13-16,21-22H2,1-6H3. The fourth-order valence-electron chi connectivity index (χ4n) is 5.68. The number of hydrogen-bond donors (Lipinski definition) is 0. The second-order valence-electron chi connectivity index (χ2n) is 10.4. The molecule has 4 aromatic rings. The molecular weight excluding hydrogens is 560 g/mol. The van der Waals surface area contributed by atoms with Crippen LogP contribution >= 0.6 is 0 Å². The van der Waals surface area contributed by atoms with Crippen molar-refractivity contribution in [2.45, 2.75) is 13.1 Å². The first-order valence-corrected chi connectivity index (χ1v) is 14.5. The third-order valence-corrected chi connectivity index (χ3v) is 7.91. The van der Waals surface area contributed by atoms with Crippen LogP contribution in [0.1, 0.15) is 11.1 Å². The van der Waals surface area contributed by atoms with Crippen molar-refractivity contribution >= 4 is 0 Å². The Balaban J connectivity index is 1.30. The highest BCUT2D eigenvalue weighted by Gasteiger charge is 2.22. The Hall–Kier alpha value is -4.54. The van der Waals surface area contributed by atoms with Crippen LogP contribution in [0, 0.1) is 0 Å². The van der Waals surface area contributed by atoms with Crippen molar-refractivity contribution in [2.75, 3.05) is 68.8 Å². The third kappa shape index (κ3) is 6.51. The lowest BCUT2D eigenvalue weighted by atomic mass is 10.0. The molecule has 1 saturated heterocycles. The first kappa shape index (κ1) is 30.9. The van der Waals surface area contributed by atoms with Crippen LogP contribution < -0.4 is 28.4 Å². The van der Waals surface area contributed by atoms with Crippen molar-refractivity contribution in [2.24, 2.45) is 0 Å². The summed E-state index contributed by atoms with van der Waals surface area (Å²) in [6.45, 7) is 5.31. The molecule has 3 heterocycles. The Morgan fingerprint density at radius 3 is 1.16 bits per heavy atom. The summed E-state index contributed by atoms with van der Waals surface area (Å²) in [5.74, 6) is 3.55. The van der Waals surface area contributed by atoms with E-state index in [1.54, 1.807) is 42.7 Å². The van der Waals surface area contributed by atoms with Gasteiger partial charge in [-0.3, -0.25) is 19.8 Å². The van der Waals surface area contributed by atoms with Crippen LogP contribution in [-0.4, -0.2) is 88.6 Å². The first-order chi connectivity index (χ1) is 21.5. The van der Waals surface area contributed by atoms with E-state index in [9.17, 15) is 0 Å². The zero-order valence-corrected chi connectivity index (χ0v) is 26.3. The molecule has 10 nitrogen and oxygen atoms in total. The molecule has 0 aliphatic carbocycles. The number of aromatic nitrogens is 2. The van der Waals surface area contributed by atoms with Crippen molar-refractivity contribution in [3.63, 3.8) is 0 Å². The average molecular weight is 601 g/mol. The summed E-state index contributed by atoms with van der Waals surface area (Å²) in [6.07, 6.45) is 3.64. The van der Waals surface area contributed by atoms with Crippen molar-refractivity contribution in [3.05, 3.63) is 72.1 Å². The van der Waals surface area contributed by atoms with Gasteiger partial charge in [0.1, 0.15) is 0 Å². The van der Waals surface area contributed by atoms with Gasteiger partial charge in [-0.1, -0.05) is 12.1 Å². The summed E-state index contributed by atoms with van der Waals surface area (Å²) >= 11 is 0. The molecule has 1 aliphatic heterocycles. The molecule has 44 heavy (non-hydrogen) atoms. The topological polar surface area (TPSA) is 87.6 Å². The Kier molecular flexibility index (Phi) is 10.0. The lowest BCUT2D eigenvalue weighted by Crippen LogP contribution is -2.45. The monoisotopic (exact) mass is 600 g/mol. The average Bonchev–Trinajstić information content (AvgIpc) is 3.08. The minimum absolute atomic E-state index is 0.564. The summed E-state index contributed by atoms with van der Waals surface area (Å²) in [5.41, 5.74) is 5.94. The molecule has 0 spiro atoms. The van der Waals surface area contributed by atoms with E-state index in [1.807, 2.05) is 48.8 Å². The number of pyridine rings is 2. The molecule has 0 unspecified atom stereocenters. The van der Waals surface area contributed by atoms with Gasteiger partial charge in [-0.05, 0) is 47.5 Å². The highest BCUT2D eigenvalue weighted by molar-refractivity contribution is 5.72. The number of rotatable bonds is 12. The van der Waals surface area contributed by atoms with Crippen molar-refractivity contribution in [1.29, 1.82) is 0 Å². The number of nitrogens with zero attached hydrogens (tertiary/aromatic N) is 4. The highest BCUT2D eigenvalue weighted by Crippen LogP contribution is 2.42. The molecule has 0 amide bonds. The van der Waals surface area contributed by atoms with E-state index >= 15 is 0 Å². The third-order valence-electron chi connectivity index (χ3n) is 7.91. The molecule has 2 aromatic heterocycles. The predicted octanol–water partition coefficient (Wildman–Crippen LogP) is 5.18. The van der Waals surface area contributed by atoms with Crippen LogP contribution in [0.3, 0.4) is 0 Å². The van der Waals surface area contributed by atoms with Gasteiger partial charge in [0.05, 0.1) is 54.0 Å². The Labute approximate surface area is 259 Å². The van der Waals surface area contributed by atoms with Gasteiger partial charge >= 0.3 is 0 Å². The molecular formula is C34H40N4O6. The normalized spacial score (nSPS) is 13.8. The molecule has 232 valence electrons. The van der Waals surface area contributed by atoms with E-state index in [-0.39, 0.29) is 0 Å². The van der Waals surface area contributed by atoms with Crippen LogP contribution in [0.4, 0.5) is 0 Å². The smallest absolute Gasteiger partial charge is 0.203 e. The lowest BCUT2D eigenvalue weighted by molar-refractivity contribution is 0.122. The second kappa shape index (κ2) is 14.3. The van der Waals surface area contributed by atoms with E-state index < -0.39 is 0 Å². The molecule has 0 radical (unpaired) electrons. The van der Waals surface area contributed by atoms with Crippen LogP contribution in [0.15, 0.2) is 60.9 Å². The van der Waals surface area contributed by atoms with Crippen LogP contribution in [0.5, 0.6) is 34.5 Å². The van der Waals surface area contributed by atoms with Gasteiger partial charge in [0.25, 0.3) is 0 Å². The van der Waals surface area contributed by atoms with Crippen LogP contribution in [-0.2, 0) is 13.1 Å². The number of methoxy groups -OCH3 is 6. The Morgan fingerprint density at radius 2 is 0.864 bits per heavy atom. The Morgan fingerprint density at radius 1 is 0.523 bits per heavy atom. The molecule has 10 heteroatoms. The van der Waals surface area contributed by atoms with E-state index in [4.69, 9.17) is 38.4 Å². The fraction of sp³-hybridized carbons (Fsp3) is 0.353. The minimum atomic E-state index is 0.564. The maximum absolute atomic E-state index is 5.59. The summed E-state index contributed by atoms with van der Waals surface area (Å²) in [5, 5.41) is 0. The van der Waals surface area contributed by atoms with Crippen LogP contribution in [0.2, 0.25) is 0 Å². The van der Waals surface area contributed by atoms with Gasteiger partial charge in [-0.25, -0.2) is 0 Å². The highest BCUT2D eigenvalue weighted by atomic mass is 16.5. The van der Waals surface area contributed by atoms with Crippen molar-refractivity contribution in [3.8, 4) is 57.0 Å². The molecule has 5 rings (SSSR count). The number of ether oxygens (including phenoxy) is 6. The fourth-order valence-corrected chi connectivity index (χ4v) is 5.68. The molecule has 0 atom stereocenters. The molecule has 1 fully saturated rings. The molecule has 0 N–H and O–H groups in total. The van der Waals surface area contributed by atoms with Gasteiger partial charge in [-0.2, -0.15) is 0 Å². The summed E-state index contributed by atoms with van der Waals surface area (Å²) < 4.78 is 33.4. The van der Waals surface area contributed by atoms with Gasteiger partial charge in [0.2, 0.25) is 11.5 Å². The predicted molar refractivity (Wildman–Crippen MR) is 169 cm³/mol. The quantitative estimate of drug-likeness (QED) is 0.217. The van der Waals surface area contributed by atoms with Crippen molar-refractivity contribution in [1.82, 2.24) is 19.8 Å². The van der Waals surface area contributed by atoms with Gasteiger partial charge < -0.3 is 28.4 Å². The number of hydrogen-bond acceptors (Lipinski definition) is 10.